The van der Waals surface area contributed by atoms with Crippen molar-refractivity contribution in [3.63, 3.8) is 0 Å². The number of benzene rings is 1. The standard InChI is InChI=1S/C22H16F3N3O4/c1-30-16-9-6-13(11-17(16)31-2)18-12-27-20(32-18)15-8-7-14(22(23,24)25)21(29)28(15)19-5-3-4-10-26-19/h3-12H,1-2H3. The number of aromatic nitrogens is 3. The van der Waals surface area contributed by atoms with Crippen molar-refractivity contribution in [3.05, 3.63) is 76.8 Å². The highest BCUT2D eigenvalue weighted by molar-refractivity contribution is 5.64. The molecule has 1 aromatic carbocycles. The zero-order valence-electron chi connectivity index (χ0n) is 16.9. The number of nitrogens with zero attached hydrogens (tertiary/aromatic N) is 3. The fourth-order valence-corrected chi connectivity index (χ4v) is 3.15. The molecule has 0 amide bonds. The normalized spacial score (nSPS) is 11.4. The van der Waals surface area contributed by atoms with Gasteiger partial charge in [0.15, 0.2) is 17.3 Å². The van der Waals surface area contributed by atoms with Crippen molar-refractivity contribution in [1.82, 2.24) is 14.5 Å². The maximum atomic E-state index is 13.3. The van der Waals surface area contributed by atoms with Gasteiger partial charge in [-0.05, 0) is 42.5 Å². The molecule has 164 valence electrons. The lowest BCUT2D eigenvalue weighted by atomic mass is 10.1. The molecule has 0 aliphatic heterocycles. The minimum atomic E-state index is -4.83. The van der Waals surface area contributed by atoms with Crippen molar-refractivity contribution in [2.24, 2.45) is 0 Å². The largest absolute Gasteiger partial charge is 0.493 e. The molecular weight excluding hydrogens is 427 g/mol. The summed E-state index contributed by atoms with van der Waals surface area (Å²) in [6.07, 6.45) is -2.05. The number of halogens is 3. The van der Waals surface area contributed by atoms with Crippen LogP contribution in [0.1, 0.15) is 5.56 Å². The van der Waals surface area contributed by atoms with Gasteiger partial charge in [0.1, 0.15) is 17.1 Å². The molecule has 0 saturated carbocycles. The van der Waals surface area contributed by atoms with Crippen molar-refractivity contribution in [1.29, 1.82) is 0 Å². The van der Waals surface area contributed by atoms with Crippen LogP contribution in [0.25, 0.3) is 28.7 Å². The van der Waals surface area contributed by atoms with Gasteiger partial charge in [-0.1, -0.05) is 6.07 Å². The quantitative estimate of drug-likeness (QED) is 0.449. The third-order valence-corrected chi connectivity index (χ3v) is 4.66. The van der Waals surface area contributed by atoms with E-state index < -0.39 is 17.3 Å². The van der Waals surface area contributed by atoms with Crippen molar-refractivity contribution in [3.8, 4) is 40.2 Å². The lowest BCUT2D eigenvalue weighted by Gasteiger charge is -2.13. The van der Waals surface area contributed by atoms with E-state index in [0.717, 1.165) is 10.6 Å². The van der Waals surface area contributed by atoms with Crippen LogP contribution in [0.15, 0.2) is 70.1 Å². The summed E-state index contributed by atoms with van der Waals surface area (Å²) in [6.45, 7) is 0. The Bertz CT molecular complexity index is 1310. The number of alkyl halides is 3. The molecule has 0 unspecified atom stereocenters. The van der Waals surface area contributed by atoms with Crippen LogP contribution in [-0.2, 0) is 6.18 Å². The predicted molar refractivity (Wildman–Crippen MR) is 109 cm³/mol. The van der Waals surface area contributed by atoms with E-state index in [1.54, 1.807) is 30.3 Å². The molecule has 0 saturated heterocycles. The van der Waals surface area contributed by atoms with E-state index in [-0.39, 0.29) is 17.4 Å². The minimum Gasteiger partial charge on any atom is -0.493 e. The number of hydrogen-bond donors (Lipinski definition) is 0. The van der Waals surface area contributed by atoms with Gasteiger partial charge < -0.3 is 13.9 Å². The second-order valence-corrected chi connectivity index (χ2v) is 6.56. The van der Waals surface area contributed by atoms with E-state index in [2.05, 4.69) is 9.97 Å². The molecule has 3 heterocycles. The van der Waals surface area contributed by atoms with E-state index in [0.29, 0.717) is 28.9 Å². The topological polar surface area (TPSA) is 79.4 Å². The summed E-state index contributed by atoms with van der Waals surface area (Å²) in [5, 5.41) is 0. The van der Waals surface area contributed by atoms with Crippen LogP contribution in [0, 0.1) is 0 Å². The second-order valence-electron chi connectivity index (χ2n) is 6.56. The zero-order chi connectivity index (χ0) is 22.9. The van der Waals surface area contributed by atoms with E-state index in [4.69, 9.17) is 13.9 Å². The molecule has 3 aromatic heterocycles. The molecule has 0 aliphatic rings. The number of hydrogen-bond acceptors (Lipinski definition) is 6. The molecule has 0 spiro atoms. The monoisotopic (exact) mass is 443 g/mol. The van der Waals surface area contributed by atoms with Crippen LogP contribution < -0.4 is 15.0 Å². The third kappa shape index (κ3) is 3.82. The van der Waals surface area contributed by atoms with Gasteiger partial charge in [0, 0.05) is 11.8 Å². The lowest BCUT2D eigenvalue weighted by Crippen LogP contribution is -2.29. The first-order valence-electron chi connectivity index (χ1n) is 9.26. The van der Waals surface area contributed by atoms with Crippen molar-refractivity contribution in [2.45, 2.75) is 6.18 Å². The van der Waals surface area contributed by atoms with Crippen molar-refractivity contribution < 1.29 is 27.1 Å². The van der Waals surface area contributed by atoms with Crippen LogP contribution in [0.4, 0.5) is 13.2 Å². The Hall–Kier alpha value is -4.08. The van der Waals surface area contributed by atoms with E-state index >= 15 is 0 Å². The van der Waals surface area contributed by atoms with Gasteiger partial charge in [-0.2, -0.15) is 13.2 Å². The van der Waals surface area contributed by atoms with E-state index in [1.807, 2.05) is 0 Å². The minimum absolute atomic E-state index is 0.00414. The number of oxazole rings is 1. The van der Waals surface area contributed by atoms with Gasteiger partial charge in [0.05, 0.1) is 20.4 Å². The first-order chi connectivity index (χ1) is 15.3. The molecule has 0 aliphatic carbocycles. The summed E-state index contributed by atoms with van der Waals surface area (Å²) < 4.78 is 57.1. The van der Waals surface area contributed by atoms with Crippen LogP contribution in [0.3, 0.4) is 0 Å². The highest BCUT2D eigenvalue weighted by atomic mass is 19.4. The SMILES string of the molecule is COc1ccc(-c2cnc(-c3ccc(C(F)(F)F)c(=O)n3-c3ccccn3)o2)cc1OC. The molecule has 0 atom stereocenters. The van der Waals surface area contributed by atoms with Gasteiger partial charge in [0.2, 0.25) is 5.89 Å². The fourth-order valence-electron chi connectivity index (χ4n) is 3.15. The average Bonchev–Trinajstić information content (AvgIpc) is 3.28. The van der Waals surface area contributed by atoms with Crippen LogP contribution in [-0.4, -0.2) is 28.8 Å². The maximum absolute atomic E-state index is 13.3. The molecule has 4 rings (SSSR count). The van der Waals surface area contributed by atoms with Crippen LogP contribution in [0.2, 0.25) is 0 Å². The Morgan fingerprint density at radius 1 is 0.969 bits per heavy atom. The number of pyridine rings is 2. The summed E-state index contributed by atoms with van der Waals surface area (Å²) in [6, 6.07) is 11.5. The Morgan fingerprint density at radius 3 is 2.41 bits per heavy atom. The maximum Gasteiger partial charge on any atom is 0.421 e. The number of methoxy groups -OCH3 is 2. The molecule has 32 heavy (non-hydrogen) atoms. The first-order valence-corrected chi connectivity index (χ1v) is 9.26. The molecule has 0 fully saturated rings. The first kappa shape index (κ1) is 21.2. The summed E-state index contributed by atoms with van der Waals surface area (Å²) in [4.78, 5) is 20.9. The predicted octanol–water partition coefficient (Wildman–Crippen LogP) is 4.59. The summed E-state index contributed by atoms with van der Waals surface area (Å²) in [7, 11) is 2.99. The summed E-state index contributed by atoms with van der Waals surface area (Å²) in [5.74, 6) is 1.25. The molecule has 4 aromatic rings. The van der Waals surface area contributed by atoms with E-state index in [9.17, 15) is 18.0 Å². The highest BCUT2D eigenvalue weighted by Crippen LogP contribution is 2.34. The third-order valence-electron chi connectivity index (χ3n) is 4.66. The summed E-state index contributed by atoms with van der Waals surface area (Å²) in [5.41, 5.74) is -1.98. The highest BCUT2D eigenvalue weighted by Gasteiger charge is 2.35. The van der Waals surface area contributed by atoms with E-state index in [1.165, 1.54) is 32.7 Å². The number of ether oxygens (including phenoxy) is 2. The smallest absolute Gasteiger partial charge is 0.421 e. The Balaban J connectivity index is 1.86. The molecule has 0 bridgehead atoms. The summed E-state index contributed by atoms with van der Waals surface area (Å²) >= 11 is 0. The average molecular weight is 443 g/mol. The van der Waals surface area contributed by atoms with Gasteiger partial charge in [-0.15, -0.1) is 0 Å². The second kappa shape index (κ2) is 8.22. The van der Waals surface area contributed by atoms with Gasteiger partial charge >= 0.3 is 6.18 Å². The molecule has 7 nitrogen and oxygen atoms in total. The van der Waals surface area contributed by atoms with Crippen molar-refractivity contribution >= 4 is 0 Å². The molecule has 0 radical (unpaired) electrons. The zero-order valence-corrected chi connectivity index (χ0v) is 16.9. The molecular formula is C22H16F3N3O4. The fraction of sp³-hybridized carbons (Fsp3) is 0.136. The van der Waals surface area contributed by atoms with Gasteiger partial charge in [-0.25, -0.2) is 9.97 Å². The van der Waals surface area contributed by atoms with Crippen LogP contribution >= 0.6 is 0 Å². The Labute approximate surface area is 179 Å². The lowest BCUT2D eigenvalue weighted by molar-refractivity contribution is -0.138. The van der Waals surface area contributed by atoms with Gasteiger partial charge in [-0.3, -0.25) is 9.36 Å². The number of rotatable bonds is 5. The molecule has 10 heteroatoms. The van der Waals surface area contributed by atoms with Gasteiger partial charge in [0.25, 0.3) is 5.56 Å². The Kier molecular flexibility index (Phi) is 5.43. The molecule has 0 N–H and O–H groups in total. The van der Waals surface area contributed by atoms with Crippen molar-refractivity contribution in [2.75, 3.05) is 14.2 Å². The van der Waals surface area contributed by atoms with Crippen LogP contribution in [0.5, 0.6) is 11.5 Å². The Morgan fingerprint density at radius 2 is 1.75 bits per heavy atom.